The Morgan fingerprint density at radius 1 is 1.71 bits per heavy atom. The Hall–Kier alpha value is -0.190. The SMILES string of the molecule is CC1(F)OCOO1. The van der Waals surface area contributed by atoms with Crippen molar-refractivity contribution in [2.75, 3.05) is 6.79 Å². The van der Waals surface area contributed by atoms with Gasteiger partial charge in [-0.1, -0.05) is 0 Å². The van der Waals surface area contributed by atoms with E-state index in [0.29, 0.717) is 0 Å². The van der Waals surface area contributed by atoms with Gasteiger partial charge in [-0.15, -0.1) is 0 Å². The second-order valence-corrected chi connectivity index (χ2v) is 1.30. The van der Waals surface area contributed by atoms with Gasteiger partial charge in [-0.3, -0.25) is 4.74 Å². The molecule has 42 valence electrons. The fraction of sp³-hybridized carbons (Fsp3) is 1.00. The molecule has 1 heterocycles. The summed E-state index contributed by atoms with van der Waals surface area (Å²) >= 11 is 0. The molecule has 0 bridgehead atoms. The summed E-state index contributed by atoms with van der Waals surface area (Å²) < 4.78 is 16.3. The molecule has 0 spiro atoms. The first-order chi connectivity index (χ1) is 3.21. The Balaban J connectivity index is 2.40. The second-order valence-electron chi connectivity index (χ2n) is 1.30. The summed E-state index contributed by atoms with van der Waals surface area (Å²) in [5, 5.41) is 0. The Bertz CT molecular complexity index is 64.6. The summed E-state index contributed by atoms with van der Waals surface area (Å²) in [5.41, 5.74) is 0. The monoisotopic (exact) mass is 108 g/mol. The van der Waals surface area contributed by atoms with E-state index in [1.165, 1.54) is 0 Å². The van der Waals surface area contributed by atoms with E-state index in [1.807, 2.05) is 0 Å². The predicted octanol–water partition coefficient (Wildman–Crippen LogP) is 0.566. The molecule has 1 saturated heterocycles. The molecule has 0 aromatic heterocycles. The summed E-state index contributed by atoms with van der Waals surface area (Å²) in [7, 11) is 0. The summed E-state index contributed by atoms with van der Waals surface area (Å²) in [5.74, 6) is 0. The number of ether oxygens (including phenoxy) is 1. The van der Waals surface area contributed by atoms with Crippen molar-refractivity contribution in [3.8, 4) is 0 Å². The van der Waals surface area contributed by atoms with Gasteiger partial charge in [0.05, 0.1) is 0 Å². The lowest BCUT2D eigenvalue weighted by Gasteiger charge is -2.03. The minimum Gasteiger partial charge on any atom is -0.292 e. The predicted molar refractivity (Wildman–Crippen MR) is 17.6 cm³/mol. The number of halogens is 1. The van der Waals surface area contributed by atoms with Gasteiger partial charge in [0.15, 0.2) is 6.79 Å². The molecule has 1 aliphatic rings. The first kappa shape index (κ1) is 4.96. The largest absolute Gasteiger partial charge is 0.346 e. The summed E-state index contributed by atoms with van der Waals surface area (Å²) in [6.07, 6.45) is 0. The van der Waals surface area contributed by atoms with Gasteiger partial charge in [-0.2, -0.15) is 9.28 Å². The van der Waals surface area contributed by atoms with E-state index in [9.17, 15) is 4.39 Å². The standard InChI is InChI=1S/C3H5FO3/c1-3(4)5-2-6-7-3/h2H2,1H3. The average Bonchev–Trinajstić information content (AvgIpc) is 1.84. The molecule has 0 N–H and O–H groups in total. The maximum atomic E-state index is 12.0. The van der Waals surface area contributed by atoms with Gasteiger partial charge in [0.1, 0.15) is 0 Å². The van der Waals surface area contributed by atoms with Crippen molar-refractivity contribution in [2.45, 2.75) is 13.0 Å². The molecular weight excluding hydrogens is 103 g/mol. The van der Waals surface area contributed by atoms with Crippen molar-refractivity contribution in [2.24, 2.45) is 0 Å². The van der Waals surface area contributed by atoms with Crippen LogP contribution in [0.25, 0.3) is 0 Å². The molecule has 1 atom stereocenters. The molecule has 1 rings (SSSR count). The Morgan fingerprint density at radius 2 is 2.43 bits per heavy atom. The molecule has 1 unspecified atom stereocenters. The van der Waals surface area contributed by atoms with Crippen LogP contribution in [0.3, 0.4) is 0 Å². The van der Waals surface area contributed by atoms with E-state index in [2.05, 4.69) is 14.5 Å². The summed E-state index contributed by atoms with van der Waals surface area (Å²) in [4.78, 5) is 8.01. The Kier molecular flexibility index (Phi) is 0.989. The highest BCUT2D eigenvalue weighted by Gasteiger charge is 2.31. The molecular formula is C3H5FO3. The van der Waals surface area contributed by atoms with Crippen molar-refractivity contribution >= 4 is 0 Å². The van der Waals surface area contributed by atoms with E-state index in [1.54, 1.807) is 0 Å². The highest BCUT2D eigenvalue weighted by molar-refractivity contribution is 4.38. The lowest BCUT2D eigenvalue weighted by atomic mass is 10.7. The molecule has 1 fully saturated rings. The second kappa shape index (κ2) is 1.40. The van der Waals surface area contributed by atoms with Crippen LogP contribution in [0.5, 0.6) is 0 Å². The van der Waals surface area contributed by atoms with Crippen molar-refractivity contribution in [1.29, 1.82) is 0 Å². The maximum absolute atomic E-state index is 12.0. The minimum atomic E-state index is -2.03. The quantitative estimate of drug-likeness (QED) is 0.424. The topological polar surface area (TPSA) is 27.7 Å². The van der Waals surface area contributed by atoms with Gasteiger partial charge in [0.2, 0.25) is 0 Å². The molecule has 0 saturated carbocycles. The van der Waals surface area contributed by atoms with Gasteiger partial charge in [0.25, 0.3) is 0 Å². The molecule has 0 aromatic rings. The molecule has 4 heteroatoms. The van der Waals surface area contributed by atoms with Crippen LogP contribution in [0.4, 0.5) is 4.39 Å². The van der Waals surface area contributed by atoms with Gasteiger partial charge in [-0.25, -0.2) is 4.89 Å². The van der Waals surface area contributed by atoms with E-state index in [4.69, 9.17) is 0 Å². The van der Waals surface area contributed by atoms with Crippen LogP contribution in [0.15, 0.2) is 0 Å². The normalized spacial score (nSPS) is 42.0. The van der Waals surface area contributed by atoms with Gasteiger partial charge >= 0.3 is 6.04 Å². The van der Waals surface area contributed by atoms with Crippen LogP contribution in [0, 0.1) is 0 Å². The highest BCUT2D eigenvalue weighted by atomic mass is 19.2. The Labute approximate surface area is 39.9 Å². The third kappa shape index (κ3) is 1.09. The average molecular weight is 108 g/mol. The van der Waals surface area contributed by atoms with Crippen LogP contribution in [0.1, 0.15) is 6.92 Å². The molecule has 0 aromatic carbocycles. The smallest absolute Gasteiger partial charge is 0.292 e. The fourth-order valence-corrected chi connectivity index (χ4v) is 0.283. The number of alkyl halides is 1. The third-order valence-corrected chi connectivity index (χ3v) is 0.573. The molecule has 0 aliphatic carbocycles. The molecule has 1 aliphatic heterocycles. The van der Waals surface area contributed by atoms with E-state index in [0.717, 1.165) is 6.92 Å². The molecule has 3 nitrogen and oxygen atoms in total. The molecule has 7 heavy (non-hydrogen) atoms. The first-order valence-electron chi connectivity index (χ1n) is 1.84. The Morgan fingerprint density at radius 3 is 2.57 bits per heavy atom. The molecule has 0 radical (unpaired) electrons. The maximum Gasteiger partial charge on any atom is 0.346 e. The van der Waals surface area contributed by atoms with Crippen LogP contribution in [-0.4, -0.2) is 12.8 Å². The van der Waals surface area contributed by atoms with E-state index < -0.39 is 6.04 Å². The van der Waals surface area contributed by atoms with E-state index >= 15 is 0 Å². The van der Waals surface area contributed by atoms with Crippen LogP contribution in [0.2, 0.25) is 0 Å². The lowest BCUT2D eigenvalue weighted by Crippen LogP contribution is -2.16. The zero-order valence-electron chi connectivity index (χ0n) is 3.81. The van der Waals surface area contributed by atoms with Crippen molar-refractivity contribution < 1.29 is 18.9 Å². The minimum absolute atomic E-state index is 0.132. The van der Waals surface area contributed by atoms with Crippen molar-refractivity contribution in [3.63, 3.8) is 0 Å². The zero-order chi connectivity index (χ0) is 5.33. The zero-order valence-corrected chi connectivity index (χ0v) is 3.81. The molecule has 0 amide bonds. The van der Waals surface area contributed by atoms with Crippen LogP contribution in [-0.2, 0) is 14.5 Å². The van der Waals surface area contributed by atoms with Gasteiger partial charge < -0.3 is 0 Å². The highest BCUT2D eigenvalue weighted by Crippen LogP contribution is 2.19. The summed E-state index contributed by atoms with van der Waals surface area (Å²) in [6, 6.07) is -2.03. The van der Waals surface area contributed by atoms with Crippen LogP contribution >= 0.6 is 0 Å². The fourth-order valence-electron chi connectivity index (χ4n) is 0.283. The number of hydrogen-bond donors (Lipinski definition) is 0. The first-order valence-corrected chi connectivity index (χ1v) is 1.84. The van der Waals surface area contributed by atoms with E-state index in [-0.39, 0.29) is 6.79 Å². The van der Waals surface area contributed by atoms with Gasteiger partial charge in [0, 0.05) is 6.92 Å². The van der Waals surface area contributed by atoms with Gasteiger partial charge in [-0.05, 0) is 0 Å². The number of hydrogen-bond acceptors (Lipinski definition) is 3. The van der Waals surface area contributed by atoms with Crippen LogP contribution < -0.4 is 0 Å². The summed E-state index contributed by atoms with van der Waals surface area (Å²) in [6.45, 7) is 0.993. The third-order valence-electron chi connectivity index (χ3n) is 0.573. The van der Waals surface area contributed by atoms with Crippen molar-refractivity contribution in [1.82, 2.24) is 0 Å². The number of rotatable bonds is 0. The lowest BCUT2D eigenvalue weighted by molar-refractivity contribution is -0.360. The van der Waals surface area contributed by atoms with Crippen molar-refractivity contribution in [3.05, 3.63) is 0 Å².